The summed E-state index contributed by atoms with van der Waals surface area (Å²) < 4.78 is 5.41. The molecule has 1 amide bonds. The molecule has 0 N–H and O–H groups in total. The summed E-state index contributed by atoms with van der Waals surface area (Å²) in [6, 6.07) is 16.1. The highest BCUT2D eigenvalue weighted by molar-refractivity contribution is 5.96. The van der Waals surface area contributed by atoms with Gasteiger partial charge in [-0.05, 0) is 54.7 Å². The first-order valence-electron chi connectivity index (χ1n) is 9.09. The molecule has 130 valence electrons. The fourth-order valence-electron chi connectivity index (χ4n) is 3.95. The molecule has 1 aliphatic carbocycles. The summed E-state index contributed by atoms with van der Waals surface area (Å²) in [6.07, 6.45) is 3.89. The number of amides is 1. The first-order chi connectivity index (χ1) is 12.8. The molecular formula is C21H19N3O2. The number of carbonyl (C=O) groups excluding carboxylic acids is 1. The number of aryl methyl sites for hydroxylation is 2. The molecule has 26 heavy (non-hydrogen) atoms. The van der Waals surface area contributed by atoms with Crippen molar-refractivity contribution in [3.8, 4) is 11.5 Å². The lowest BCUT2D eigenvalue weighted by Gasteiger charge is -2.17. The molecule has 5 rings (SSSR count). The number of anilines is 1. The van der Waals surface area contributed by atoms with Crippen molar-refractivity contribution in [2.45, 2.75) is 31.6 Å². The molecule has 1 aromatic heterocycles. The van der Waals surface area contributed by atoms with E-state index in [0.29, 0.717) is 24.7 Å². The molecule has 5 nitrogen and oxygen atoms in total. The summed E-state index contributed by atoms with van der Waals surface area (Å²) in [6.45, 7) is 0.603. The molecule has 0 bridgehead atoms. The van der Waals surface area contributed by atoms with E-state index in [1.54, 1.807) is 0 Å². The maximum atomic E-state index is 12.6. The number of hydrogen-bond donors (Lipinski definition) is 0. The highest BCUT2D eigenvalue weighted by Gasteiger charge is 2.35. The number of fused-ring (bicyclic) bond motifs is 1. The van der Waals surface area contributed by atoms with Crippen LogP contribution in [-0.2, 0) is 17.6 Å². The maximum absolute atomic E-state index is 12.6. The molecule has 3 aromatic rings. The fraction of sp³-hybridized carbons (Fsp3) is 0.286. The van der Waals surface area contributed by atoms with Gasteiger partial charge < -0.3 is 9.42 Å². The number of hydrogen-bond acceptors (Lipinski definition) is 4. The summed E-state index contributed by atoms with van der Waals surface area (Å²) in [5.41, 5.74) is 4.68. The molecular weight excluding hydrogens is 326 g/mol. The van der Waals surface area contributed by atoms with Gasteiger partial charge in [0.05, 0.1) is 0 Å². The summed E-state index contributed by atoms with van der Waals surface area (Å²) in [7, 11) is 0. The maximum Gasteiger partial charge on any atom is 0.257 e. The van der Waals surface area contributed by atoms with E-state index in [1.165, 1.54) is 17.5 Å². The Morgan fingerprint density at radius 1 is 1.04 bits per heavy atom. The molecule has 2 aromatic carbocycles. The van der Waals surface area contributed by atoms with Crippen LogP contribution in [0.1, 0.15) is 35.7 Å². The molecule has 0 saturated carbocycles. The van der Waals surface area contributed by atoms with Gasteiger partial charge in [-0.3, -0.25) is 4.79 Å². The zero-order chi connectivity index (χ0) is 17.5. The molecule has 1 saturated heterocycles. The van der Waals surface area contributed by atoms with Gasteiger partial charge >= 0.3 is 0 Å². The molecule has 0 radical (unpaired) electrons. The van der Waals surface area contributed by atoms with Crippen LogP contribution < -0.4 is 4.90 Å². The van der Waals surface area contributed by atoms with Crippen molar-refractivity contribution in [2.24, 2.45) is 0 Å². The molecule has 2 aliphatic rings. The Morgan fingerprint density at radius 2 is 1.88 bits per heavy atom. The second kappa shape index (κ2) is 6.09. The van der Waals surface area contributed by atoms with Crippen LogP contribution in [0, 0.1) is 0 Å². The highest BCUT2D eigenvalue weighted by Crippen LogP contribution is 2.34. The second-order valence-electron chi connectivity index (χ2n) is 7.04. The zero-order valence-electron chi connectivity index (χ0n) is 14.4. The first-order valence-corrected chi connectivity index (χ1v) is 9.09. The topological polar surface area (TPSA) is 59.2 Å². The van der Waals surface area contributed by atoms with Crippen LogP contribution in [-0.4, -0.2) is 22.6 Å². The summed E-state index contributed by atoms with van der Waals surface area (Å²) >= 11 is 0. The standard InChI is InChI=1S/C21H19N3O2/c25-19-12-17(20-22-21(26-23-20)15-5-2-1-3-6-15)13-24(19)18-10-9-14-7-4-8-16(14)11-18/h1-3,5-6,9-11,17H,4,7-8,12-13H2. The van der Waals surface area contributed by atoms with E-state index in [-0.39, 0.29) is 11.8 Å². The molecule has 1 atom stereocenters. The first kappa shape index (κ1) is 15.3. The summed E-state index contributed by atoms with van der Waals surface area (Å²) in [5, 5.41) is 4.13. The lowest BCUT2D eigenvalue weighted by atomic mass is 10.1. The zero-order valence-corrected chi connectivity index (χ0v) is 14.4. The van der Waals surface area contributed by atoms with Gasteiger partial charge in [0.25, 0.3) is 5.89 Å². The second-order valence-corrected chi connectivity index (χ2v) is 7.04. The monoisotopic (exact) mass is 345 g/mol. The van der Waals surface area contributed by atoms with Crippen LogP contribution in [0.3, 0.4) is 0 Å². The Kier molecular flexibility index (Phi) is 3.59. The van der Waals surface area contributed by atoms with Crippen LogP contribution >= 0.6 is 0 Å². The lowest BCUT2D eigenvalue weighted by Crippen LogP contribution is -2.24. The van der Waals surface area contributed by atoms with E-state index >= 15 is 0 Å². The SMILES string of the molecule is O=C1CC(c2noc(-c3ccccc3)n2)CN1c1ccc2c(c1)CCC2. The minimum atomic E-state index is -0.0306. The molecule has 2 heterocycles. The smallest absolute Gasteiger partial charge is 0.257 e. The molecule has 5 heteroatoms. The van der Waals surface area contributed by atoms with Crippen LogP contribution in [0.5, 0.6) is 0 Å². The minimum Gasteiger partial charge on any atom is -0.334 e. The molecule has 0 spiro atoms. The minimum absolute atomic E-state index is 0.0306. The third kappa shape index (κ3) is 2.60. The Hall–Kier alpha value is -2.95. The van der Waals surface area contributed by atoms with Gasteiger partial charge in [0, 0.05) is 30.1 Å². The van der Waals surface area contributed by atoms with Gasteiger partial charge in [-0.1, -0.05) is 29.4 Å². The van der Waals surface area contributed by atoms with E-state index in [2.05, 4.69) is 28.3 Å². The number of nitrogens with zero attached hydrogens (tertiary/aromatic N) is 3. The van der Waals surface area contributed by atoms with Crippen LogP contribution in [0.15, 0.2) is 53.1 Å². The third-order valence-electron chi connectivity index (χ3n) is 5.35. The van der Waals surface area contributed by atoms with Crippen molar-refractivity contribution in [1.82, 2.24) is 10.1 Å². The van der Waals surface area contributed by atoms with E-state index in [0.717, 1.165) is 24.1 Å². The van der Waals surface area contributed by atoms with Crippen molar-refractivity contribution in [3.63, 3.8) is 0 Å². The average Bonchev–Trinajstić information content (AvgIpc) is 3.41. The Labute approximate surface area is 151 Å². The average molecular weight is 345 g/mol. The van der Waals surface area contributed by atoms with E-state index < -0.39 is 0 Å². The van der Waals surface area contributed by atoms with E-state index in [1.807, 2.05) is 35.2 Å². The van der Waals surface area contributed by atoms with E-state index in [4.69, 9.17) is 4.52 Å². The van der Waals surface area contributed by atoms with E-state index in [9.17, 15) is 4.79 Å². The molecule has 1 fully saturated rings. The highest BCUT2D eigenvalue weighted by atomic mass is 16.5. The largest absolute Gasteiger partial charge is 0.334 e. The number of carbonyl (C=O) groups is 1. The number of aromatic nitrogens is 2. The predicted octanol–water partition coefficient (Wildman–Crippen LogP) is 3.75. The van der Waals surface area contributed by atoms with Crippen molar-refractivity contribution < 1.29 is 9.32 Å². The van der Waals surface area contributed by atoms with Gasteiger partial charge in [-0.15, -0.1) is 0 Å². The van der Waals surface area contributed by atoms with Gasteiger partial charge in [-0.25, -0.2) is 0 Å². The van der Waals surface area contributed by atoms with Crippen LogP contribution in [0.2, 0.25) is 0 Å². The van der Waals surface area contributed by atoms with Gasteiger partial charge in [0.15, 0.2) is 5.82 Å². The van der Waals surface area contributed by atoms with Gasteiger partial charge in [-0.2, -0.15) is 4.98 Å². The lowest BCUT2D eigenvalue weighted by molar-refractivity contribution is -0.117. The number of benzene rings is 2. The predicted molar refractivity (Wildman–Crippen MR) is 97.9 cm³/mol. The van der Waals surface area contributed by atoms with Crippen LogP contribution in [0.4, 0.5) is 5.69 Å². The Bertz CT molecular complexity index is 964. The van der Waals surface area contributed by atoms with Crippen molar-refractivity contribution in [3.05, 3.63) is 65.5 Å². The summed E-state index contributed by atoms with van der Waals surface area (Å²) in [5.74, 6) is 1.21. The molecule has 1 unspecified atom stereocenters. The van der Waals surface area contributed by atoms with Crippen molar-refractivity contribution in [1.29, 1.82) is 0 Å². The summed E-state index contributed by atoms with van der Waals surface area (Å²) in [4.78, 5) is 19.0. The Balaban J connectivity index is 1.38. The quantitative estimate of drug-likeness (QED) is 0.725. The van der Waals surface area contributed by atoms with Gasteiger partial charge in [0.1, 0.15) is 0 Å². The third-order valence-corrected chi connectivity index (χ3v) is 5.35. The van der Waals surface area contributed by atoms with Crippen molar-refractivity contribution in [2.75, 3.05) is 11.4 Å². The van der Waals surface area contributed by atoms with Gasteiger partial charge in [0.2, 0.25) is 5.91 Å². The van der Waals surface area contributed by atoms with Crippen LogP contribution in [0.25, 0.3) is 11.5 Å². The molecule has 1 aliphatic heterocycles. The van der Waals surface area contributed by atoms with Crippen molar-refractivity contribution >= 4 is 11.6 Å². The Morgan fingerprint density at radius 3 is 2.77 bits per heavy atom. The fourth-order valence-corrected chi connectivity index (χ4v) is 3.95. The normalized spacial score (nSPS) is 19.2. The number of rotatable bonds is 3.